The maximum atomic E-state index is 4.17. The average molecular weight is 273 g/mol. The van der Waals surface area contributed by atoms with Crippen molar-refractivity contribution >= 4 is 17.7 Å². The standard InChI is InChI=1S/C15H19N3S/c1-11(2)19-14-7-5-13(6-8-14)12(3)18-15-16-9-4-10-17-15/h4-12H,1-3H3,(H,16,17,18). The van der Waals surface area contributed by atoms with Crippen molar-refractivity contribution in [1.82, 2.24) is 9.97 Å². The van der Waals surface area contributed by atoms with Crippen LogP contribution in [0, 0.1) is 0 Å². The first-order chi connectivity index (χ1) is 9.15. The van der Waals surface area contributed by atoms with Crippen LogP contribution < -0.4 is 5.32 Å². The molecular formula is C15H19N3S. The van der Waals surface area contributed by atoms with Crippen molar-refractivity contribution in [3.63, 3.8) is 0 Å². The van der Waals surface area contributed by atoms with E-state index in [2.05, 4.69) is 60.3 Å². The molecule has 2 rings (SSSR count). The van der Waals surface area contributed by atoms with Gasteiger partial charge in [0.2, 0.25) is 5.95 Å². The van der Waals surface area contributed by atoms with E-state index in [9.17, 15) is 0 Å². The first-order valence-electron chi connectivity index (χ1n) is 6.45. The van der Waals surface area contributed by atoms with E-state index < -0.39 is 0 Å². The highest BCUT2D eigenvalue weighted by molar-refractivity contribution is 7.99. The number of aromatic nitrogens is 2. The Kier molecular flexibility index (Phi) is 4.80. The third-order valence-electron chi connectivity index (χ3n) is 2.66. The summed E-state index contributed by atoms with van der Waals surface area (Å²) >= 11 is 1.88. The lowest BCUT2D eigenvalue weighted by molar-refractivity contribution is 0.859. The molecule has 0 saturated carbocycles. The molecule has 0 aliphatic carbocycles. The summed E-state index contributed by atoms with van der Waals surface area (Å²) in [6.07, 6.45) is 3.48. The van der Waals surface area contributed by atoms with Gasteiger partial charge in [-0.2, -0.15) is 0 Å². The van der Waals surface area contributed by atoms with Gasteiger partial charge >= 0.3 is 0 Å². The molecule has 1 heterocycles. The molecule has 2 aromatic rings. The van der Waals surface area contributed by atoms with Gasteiger partial charge in [-0.05, 0) is 30.7 Å². The van der Waals surface area contributed by atoms with Gasteiger partial charge in [0.1, 0.15) is 0 Å². The lowest BCUT2D eigenvalue weighted by Gasteiger charge is -2.14. The van der Waals surface area contributed by atoms with E-state index in [1.165, 1.54) is 10.5 Å². The maximum absolute atomic E-state index is 4.17. The van der Waals surface area contributed by atoms with Crippen molar-refractivity contribution in [3.05, 3.63) is 48.3 Å². The highest BCUT2D eigenvalue weighted by atomic mass is 32.2. The quantitative estimate of drug-likeness (QED) is 0.830. The van der Waals surface area contributed by atoms with Gasteiger partial charge in [0.15, 0.2) is 0 Å². The van der Waals surface area contributed by atoms with Crippen LogP contribution in [0.4, 0.5) is 5.95 Å². The van der Waals surface area contributed by atoms with Crippen LogP contribution in [-0.4, -0.2) is 15.2 Å². The Morgan fingerprint density at radius 1 is 1.00 bits per heavy atom. The smallest absolute Gasteiger partial charge is 0.223 e. The van der Waals surface area contributed by atoms with Crippen LogP contribution >= 0.6 is 11.8 Å². The number of hydrogen-bond donors (Lipinski definition) is 1. The van der Waals surface area contributed by atoms with Crippen molar-refractivity contribution in [2.75, 3.05) is 5.32 Å². The van der Waals surface area contributed by atoms with Gasteiger partial charge in [0, 0.05) is 22.5 Å². The second-order valence-corrected chi connectivity index (χ2v) is 6.32. The molecule has 1 unspecified atom stereocenters. The maximum Gasteiger partial charge on any atom is 0.223 e. The fraction of sp³-hybridized carbons (Fsp3) is 0.333. The fourth-order valence-electron chi connectivity index (χ4n) is 1.76. The Morgan fingerprint density at radius 2 is 1.63 bits per heavy atom. The van der Waals surface area contributed by atoms with Crippen molar-refractivity contribution in [2.45, 2.75) is 37.0 Å². The topological polar surface area (TPSA) is 37.8 Å². The highest BCUT2D eigenvalue weighted by Gasteiger charge is 2.07. The second-order valence-electron chi connectivity index (χ2n) is 4.67. The molecule has 0 spiro atoms. The van der Waals surface area contributed by atoms with Gasteiger partial charge in [-0.15, -0.1) is 11.8 Å². The van der Waals surface area contributed by atoms with Gasteiger partial charge < -0.3 is 5.32 Å². The normalized spacial score (nSPS) is 12.4. The Labute approximate surface area is 118 Å². The molecule has 1 atom stereocenters. The minimum absolute atomic E-state index is 0.195. The van der Waals surface area contributed by atoms with E-state index >= 15 is 0 Å². The van der Waals surface area contributed by atoms with Gasteiger partial charge in [0.05, 0.1) is 6.04 Å². The van der Waals surface area contributed by atoms with E-state index in [4.69, 9.17) is 0 Å². The third kappa shape index (κ3) is 4.24. The lowest BCUT2D eigenvalue weighted by Crippen LogP contribution is -2.08. The van der Waals surface area contributed by atoms with Crippen LogP contribution in [-0.2, 0) is 0 Å². The average Bonchev–Trinajstić information content (AvgIpc) is 2.40. The van der Waals surface area contributed by atoms with E-state index in [-0.39, 0.29) is 6.04 Å². The Bertz CT molecular complexity index is 497. The molecule has 0 aliphatic rings. The zero-order chi connectivity index (χ0) is 13.7. The van der Waals surface area contributed by atoms with Crippen molar-refractivity contribution in [3.8, 4) is 0 Å². The first-order valence-corrected chi connectivity index (χ1v) is 7.33. The zero-order valence-electron chi connectivity index (χ0n) is 11.5. The van der Waals surface area contributed by atoms with Crippen LogP contribution in [0.25, 0.3) is 0 Å². The Hall–Kier alpha value is -1.55. The summed E-state index contributed by atoms with van der Waals surface area (Å²) in [7, 11) is 0. The summed E-state index contributed by atoms with van der Waals surface area (Å²) < 4.78 is 0. The van der Waals surface area contributed by atoms with Crippen LogP contribution in [0.2, 0.25) is 0 Å². The van der Waals surface area contributed by atoms with Crippen LogP contribution in [0.1, 0.15) is 32.4 Å². The zero-order valence-corrected chi connectivity index (χ0v) is 12.3. The number of nitrogens with one attached hydrogen (secondary N) is 1. The molecule has 19 heavy (non-hydrogen) atoms. The van der Waals surface area contributed by atoms with Crippen molar-refractivity contribution < 1.29 is 0 Å². The molecule has 100 valence electrons. The number of anilines is 1. The van der Waals surface area contributed by atoms with Gasteiger partial charge in [-0.1, -0.05) is 26.0 Å². The summed E-state index contributed by atoms with van der Waals surface area (Å²) in [6.45, 7) is 6.52. The van der Waals surface area contributed by atoms with Crippen LogP contribution in [0.3, 0.4) is 0 Å². The predicted octanol–water partition coefficient (Wildman–Crippen LogP) is 4.15. The van der Waals surface area contributed by atoms with Crippen LogP contribution in [0.5, 0.6) is 0 Å². The molecule has 0 radical (unpaired) electrons. The fourth-order valence-corrected chi connectivity index (χ4v) is 2.60. The number of nitrogens with zero attached hydrogens (tertiary/aromatic N) is 2. The summed E-state index contributed by atoms with van der Waals surface area (Å²) in [6, 6.07) is 10.7. The highest BCUT2D eigenvalue weighted by Crippen LogP contribution is 2.25. The number of thioether (sulfide) groups is 1. The van der Waals surface area contributed by atoms with Crippen molar-refractivity contribution in [1.29, 1.82) is 0 Å². The molecular weight excluding hydrogens is 254 g/mol. The van der Waals surface area contributed by atoms with Crippen molar-refractivity contribution in [2.24, 2.45) is 0 Å². The summed E-state index contributed by atoms with van der Waals surface area (Å²) in [5, 5.41) is 3.90. The summed E-state index contributed by atoms with van der Waals surface area (Å²) in [4.78, 5) is 9.66. The van der Waals surface area contributed by atoms with Gasteiger partial charge in [-0.25, -0.2) is 9.97 Å². The summed E-state index contributed by atoms with van der Waals surface area (Å²) in [5.74, 6) is 0.663. The van der Waals surface area contributed by atoms with Gasteiger partial charge in [0.25, 0.3) is 0 Å². The predicted molar refractivity (Wildman–Crippen MR) is 81.5 cm³/mol. The van der Waals surface area contributed by atoms with E-state index in [1.807, 2.05) is 17.8 Å². The molecule has 3 nitrogen and oxygen atoms in total. The summed E-state index contributed by atoms with van der Waals surface area (Å²) in [5.41, 5.74) is 1.24. The molecule has 1 aromatic carbocycles. The van der Waals surface area contributed by atoms with Crippen LogP contribution in [0.15, 0.2) is 47.6 Å². The largest absolute Gasteiger partial charge is 0.348 e. The second kappa shape index (κ2) is 6.57. The number of benzene rings is 1. The molecule has 0 aliphatic heterocycles. The molecule has 1 aromatic heterocycles. The Balaban J connectivity index is 2.01. The Morgan fingerprint density at radius 3 is 2.21 bits per heavy atom. The molecule has 0 bridgehead atoms. The number of rotatable bonds is 5. The van der Waals surface area contributed by atoms with E-state index in [0.29, 0.717) is 11.2 Å². The molecule has 1 N–H and O–H groups in total. The van der Waals surface area contributed by atoms with E-state index in [0.717, 1.165) is 0 Å². The molecule has 4 heteroatoms. The lowest BCUT2D eigenvalue weighted by atomic mass is 10.1. The molecule has 0 saturated heterocycles. The minimum atomic E-state index is 0.195. The third-order valence-corrected chi connectivity index (χ3v) is 3.68. The van der Waals surface area contributed by atoms with E-state index in [1.54, 1.807) is 12.4 Å². The molecule has 0 amide bonds. The minimum Gasteiger partial charge on any atom is -0.348 e. The number of hydrogen-bond acceptors (Lipinski definition) is 4. The van der Waals surface area contributed by atoms with Gasteiger partial charge in [-0.3, -0.25) is 0 Å². The monoisotopic (exact) mass is 273 g/mol. The SMILES string of the molecule is CC(C)Sc1ccc(C(C)Nc2ncccn2)cc1. The molecule has 0 fully saturated rings. The first kappa shape index (κ1) is 13.9.